The summed E-state index contributed by atoms with van der Waals surface area (Å²) in [6.07, 6.45) is -1.39. The predicted octanol–water partition coefficient (Wildman–Crippen LogP) is 7.55. The first-order valence-electron chi connectivity index (χ1n) is 22.3. The summed E-state index contributed by atoms with van der Waals surface area (Å²) >= 11 is 2.74. The summed E-state index contributed by atoms with van der Waals surface area (Å²) in [4.78, 5) is 47.3. The van der Waals surface area contributed by atoms with Crippen LogP contribution >= 0.6 is 22.7 Å². The number of nitrogens with two attached hydrogens (primary N) is 1. The van der Waals surface area contributed by atoms with Crippen LogP contribution < -0.4 is 26.0 Å². The summed E-state index contributed by atoms with van der Waals surface area (Å²) in [5.74, 6) is 3.98. The highest BCUT2D eigenvalue weighted by Crippen LogP contribution is 2.33. The number of halogens is 1. The van der Waals surface area contributed by atoms with Crippen LogP contribution in [0.25, 0.3) is 10.2 Å². The molecule has 0 radical (unpaired) electrons. The molecule has 0 saturated carbocycles. The normalized spacial score (nSPS) is 12.0. The number of benzene rings is 3. The van der Waals surface area contributed by atoms with Crippen molar-refractivity contribution in [2.45, 2.75) is 71.6 Å². The molecule has 20 heteroatoms. The molecule has 17 nitrogen and oxygen atoms in total. The van der Waals surface area contributed by atoms with Gasteiger partial charge in [-0.1, -0.05) is 55.4 Å². The Kier molecular flexibility index (Phi) is 19.4. The summed E-state index contributed by atoms with van der Waals surface area (Å²) in [5, 5.41) is 45.7. The first-order chi connectivity index (χ1) is 33.0. The molecule has 0 spiro atoms. The Hall–Kier alpha value is -6.60. The van der Waals surface area contributed by atoms with Crippen molar-refractivity contribution in [1.82, 2.24) is 20.2 Å². The Morgan fingerprint density at radius 1 is 1.00 bits per heavy atom. The van der Waals surface area contributed by atoms with E-state index in [2.05, 4.69) is 42.6 Å². The summed E-state index contributed by atoms with van der Waals surface area (Å²) in [5.41, 5.74) is 9.84. The highest BCUT2D eigenvalue weighted by Gasteiger charge is 2.27. The molecule has 69 heavy (non-hydrogen) atoms. The highest BCUT2D eigenvalue weighted by atomic mass is 32.1. The molecule has 0 aliphatic carbocycles. The van der Waals surface area contributed by atoms with Crippen molar-refractivity contribution in [3.63, 3.8) is 0 Å². The lowest BCUT2D eigenvalue weighted by Gasteiger charge is -2.28. The number of para-hydroxylation sites is 1. The maximum atomic E-state index is 15.2. The van der Waals surface area contributed by atoms with Crippen molar-refractivity contribution < 1.29 is 48.1 Å². The number of carboxylic acid groups (broad SMARTS) is 2. The quantitative estimate of drug-likeness (QED) is 0.0219. The molecular formula is C49H59FN9O8S2+. The summed E-state index contributed by atoms with van der Waals surface area (Å²) in [7, 11) is 6.94. The van der Waals surface area contributed by atoms with Crippen LogP contribution in [0.2, 0.25) is 0 Å². The fraction of sp³-hybridized carbons (Fsp3) is 0.367. The van der Waals surface area contributed by atoms with Crippen molar-refractivity contribution in [3.05, 3.63) is 105 Å². The minimum absolute atomic E-state index is 0.0487. The molecule has 3 aromatic heterocycles. The number of carbonyl (C=O) groups is 3. The van der Waals surface area contributed by atoms with Gasteiger partial charge in [-0.3, -0.25) is 4.79 Å². The molecule has 0 aliphatic rings. The average Bonchev–Trinajstić information content (AvgIpc) is 3.94. The lowest BCUT2D eigenvalue weighted by molar-refractivity contribution is -0.896. The Morgan fingerprint density at radius 2 is 1.77 bits per heavy atom. The minimum Gasteiger partial charge on any atom is -0.491 e. The smallest absolute Gasteiger partial charge is 0.355 e. The van der Waals surface area contributed by atoms with Crippen molar-refractivity contribution >= 4 is 78.3 Å². The number of aliphatic carboxylic acids is 1. The number of thiazole rings is 2. The first kappa shape index (κ1) is 53.4. The molecule has 2 atom stereocenters. The number of amides is 1. The monoisotopic (exact) mass is 984 g/mol. The van der Waals surface area contributed by atoms with Crippen LogP contribution in [0, 0.1) is 24.6 Å². The molecule has 1 unspecified atom stereocenters. The van der Waals surface area contributed by atoms with E-state index < -0.39 is 30.0 Å². The molecule has 0 fully saturated rings. The van der Waals surface area contributed by atoms with E-state index >= 15 is 4.39 Å². The Balaban J connectivity index is 0.00000438. The number of aromatic nitrogens is 4. The number of nitrogens with one attached hydrogen (secondary N) is 2. The molecule has 7 N–H and O–H groups in total. The van der Waals surface area contributed by atoms with Crippen LogP contribution in [-0.2, 0) is 33.7 Å². The number of carbonyl (C=O) groups excluding carboxylic acids is 1. The van der Waals surface area contributed by atoms with E-state index in [0.29, 0.717) is 68.4 Å². The zero-order chi connectivity index (χ0) is 50.3. The molecule has 366 valence electrons. The second-order valence-corrected chi connectivity index (χ2v) is 18.4. The fourth-order valence-corrected chi connectivity index (χ4v) is 8.93. The van der Waals surface area contributed by atoms with Crippen molar-refractivity contribution in [2.75, 3.05) is 63.5 Å². The van der Waals surface area contributed by atoms with Gasteiger partial charge in [0.15, 0.2) is 45.3 Å². The van der Waals surface area contributed by atoms with Crippen molar-refractivity contribution in [1.29, 1.82) is 0 Å². The maximum Gasteiger partial charge on any atom is 0.355 e. The SMILES string of the molecule is CC.CO[C@H](C(=O)O)C(O)CCc1ccc(C[N+](C)(C)CC#Cc2ccc(OCCCc3sc(N(C)c4cc(C)c(Nc5nc6ccccc6s5)nn4)nc3C(=O)O)c(F)c2)cc1NC(=O)CCN. The molecule has 0 aliphatic heterocycles. The number of nitrogens with zero attached hydrogens (tertiary/aromatic N) is 6. The van der Waals surface area contributed by atoms with Gasteiger partial charge in [0.05, 0.1) is 37.0 Å². The van der Waals surface area contributed by atoms with E-state index in [1.54, 1.807) is 18.0 Å². The number of quaternary nitrogens is 1. The van der Waals surface area contributed by atoms with E-state index in [1.165, 1.54) is 41.9 Å². The largest absolute Gasteiger partial charge is 0.491 e. The number of anilines is 5. The summed E-state index contributed by atoms with van der Waals surface area (Å²) in [6, 6.07) is 19.8. The number of hydrogen-bond acceptors (Lipinski definition) is 15. The molecule has 3 heterocycles. The molecule has 3 aromatic carbocycles. The van der Waals surface area contributed by atoms with Gasteiger partial charge in [0.1, 0.15) is 13.1 Å². The molecule has 1 amide bonds. The summed E-state index contributed by atoms with van der Waals surface area (Å²) < 4.78 is 27.3. The molecule has 6 aromatic rings. The third kappa shape index (κ3) is 14.9. The highest BCUT2D eigenvalue weighted by molar-refractivity contribution is 7.22. The lowest BCUT2D eigenvalue weighted by Crippen LogP contribution is -2.39. The number of aliphatic hydroxyl groups excluding tert-OH is 1. The Bertz CT molecular complexity index is 2760. The standard InChI is InChI=1S/C47H52FN9O8S2.C2H6/c1-28-24-39(54-55-43(28)53-46-51-33-11-6-7-12-37(33)66-46)56(2)47-52-41(44(60)61)38(67-47)13-9-23-65-36-19-15-29(25-32(36)48)10-8-22-57(3,4)27-30-14-16-31(34(26-30)50-40(59)20-21-49)17-18-35(58)42(64-5)45(62)63;1-2/h6-7,11-12,14-16,19,24-26,35,42,58H,9,13,17-18,20-23,27,49H2,1-5H3,(H3-,50,51,53,55,59,60,61,62,63);1-2H3/p+1/t35?,42-;/m0./s1. The number of methoxy groups -OCH3 is 1. The molecule has 0 saturated heterocycles. The van der Waals surface area contributed by atoms with Gasteiger partial charge in [-0.05, 0) is 92.1 Å². The van der Waals surface area contributed by atoms with Crippen LogP contribution in [0.1, 0.15) is 70.7 Å². The second-order valence-electron chi connectivity index (χ2n) is 16.3. The number of rotatable bonds is 22. The van der Waals surface area contributed by atoms with E-state index in [1.807, 2.05) is 83.4 Å². The number of fused-ring (bicyclic) bond motifs is 1. The molecule has 6 rings (SSSR count). The predicted molar refractivity (Wildman–Crippen MR) is 267 cm³/mol. The van der Waals surface area contributed by atoms with Gasteiger partial charge in [0.25, 0.3) is 0 Å². The number of carboxylic acids is 2. The minimum atomic E-state index is -1.37. The third-order valence-electron chi connectivity index (χ3n) is 10.5. The molecule has 0 bridgehead atoms. The van der Waals surface area contributed by atoms with Crippen LogP contribution in [0.3, 0.4) is 0 Å². The fourth-order valence-electron chi connectivity index (χ4n) is 7.00. The van der Waals surface area contributed by atoms with Gasteiger partial charge in [0.2, 0.25) is 5.91 Å². The second kappa shape index (κ2) is 25.1. The van der Waals surface area contributed by atoms with Gasteiger partial charge in [-0.15, -0.1) is 21.5 Å². The molecular weight excluding hydrogens is 926 g/mol. The van der Waals surface area contributed by atoms with Crippen molar-refractivity contribution in [3.8, 4) is 17.6 Å². The van der Waals surface area contributed by atoms with E-state index in [4.69, 9.17) is 15.2 Å². The number of aliphatic hydroxyl groups is 1. The van der Waals surface area contributed by atoms with Gasteiger partial charge >= 0.3 is 11.9 Å². The van der Waals surface area contributed by atoms with Gasteiger partial charge < -0.3 is 50.5 Å². The van der Waals surface area contributed by atoms with Crippen LogP contribution in [0.4, 0.5) is 32.0 Å². The topological polar surface area (TPSA) is 235 Å². The van der Waals surface area contributed by atoms with Gasteiger partial charge in [-0.2, -0.15) is 0 Å². The van der Waals surface area contributed by atoms with E-state index in [0.717, 1.165) is 26.9 Å². The lowest BCUT2D eigenvalue weighted by atomic mass is 10.00. The average molecular weight is 985 g/mol. The van der Waals surface area contributed by atoms with E-state index in [-0.39, 0.29) is 49.8 Å². The first-order valence-corrected chi connectivity index (χ1v) is 23.9. The zero-order valence-electron chi connectivity index (χ0n) is 39.7. The van der Waals surface area contributed by atoms with Crippen LogP contribution in [0.15, 0.2) is 66.7 Å². The van der Waals surface area contributed by atoms with Crippen molar-refractivity contribution in [2.24, 2.45) is 5.73 Å². The maximum absolute atomic E-state index is 15.2. The van der Waals surface area contributed by atoms with E-state index in [9.17, 15) is 29.7 Å². The number of hydrogen-bond donors (Lipinski definition) is 6. The summed E-state index contributed by atoms with van der Waals surface area (Å²) in [6.45, 7) is 7.13. The number of ether oxygens (including phenoxy) is 2. The number of aromatic carboxylic acids is 1. The van der Waals surface area contributed by atoms with Crippen LogP contribution in [-0.4, -0.2) is 118 Å². The Morgan fingerprint density at radius 3 is 2.45 bits per heavy atom. The van der Waals surface area contributed by atoms with Crippen LogP contribution in [0.5, 0.6) is 5.75 Å². The number of aryl methyl sites for hydroxylation is 3. The van der Waals surface area contributed by atoms with Gasteiger partial charge in [-0.25, -0.2) is 23.9 Å². The Labute approximate surface area is 408 Å². The van der Waals surface area contributed by atoms with Gasteiger partial charge in [0, 0.05) is 48.8 Å². The third-order valence-corrected chi connectivity index (χ3v) is 12.6. The zero-order valence-corrected chi connectivity index (χ0v) is 41.3.